The molecule has 0 aliphatic carbocycles. The number of aliphatic carboxylic acids is 2. The fraction of sp³-hybridized carbons (Fsp3) is 0.333. The first-order valence-corrected chi connectivity index (χ1v) is 6.65. The molecule has 3 atom stereocenters. The first kappa shape index (κ1) is 19.1. The summed E-state index contributed by atoms with van der Waals surface area (Å²) in [7, 11) is 0. The van der Waals surface area contributed by atoms with Crippen LogP contribution in [-0.2, 0) is 16.0 Å². The molecule has 0 saturated heterocycles. The average molecular weight is 341 g/mol. The van der Waals surface area contributed by atoms with E-state index in [4.69, 9.17) is 27.4 Å². The number of hydrogen-bond donors (Lipinski definition) is 8. The van der Waals surface area contributed by atoms with Gasteiger partial charge in [-0.15, -0.1) is 0 Å². The van der Waals surface area contributed by atoms with E-state index < -0.39 is 30.1 Å². The van der Waals surface area contributed by atoms with E-state index in [1.54, 1.807) is 0 Å². The first-order chi connectivity index (χ1) is 11.2. The van der Waals surface area contributed by atoms with Gasteiger partial charge in [0.25, 0.3) is 0 Å². The third kappa shape index (κ3) is 5.68. The number of nitrogens with two attached hydrogens (primary N) is 3. The number of aliphatic hydroxyl groups is 1. The zero-order valence-corrected chi connectivity index (χ0v) is 12.5. The number of carboxylic acids is 2. The Balaban J connectivity index is 0.000000240. The van der Waals surface area contributed by atoms with Gasteiger partial charge in [0.2, 0.25) is 0 Å². The smallest absolute Gasteiger partial charge is 0.323 e. The van der Waals surface area contributed by atoms with Crippen LogP contribution in [0.3, 0.4) is 0 Å². The Hall–Kier alpha value is -2.96. The fourth-order valence-electron chi connectivity index (χ4n) is 1.55. The van der Waals surface area contributed by atoms with Gasteiger partial charge in [-0.1, -0.05) is 0 Å². The number of aromatic amines is 2. The predicted octanol–water partition coefficient (Wildman–Crippen LogP) is -2.20. The molecule has 0 amide bonds. The molecule has 0 saturated carbocycles. The van der Waals surface area contributed by atoms with Crippen LogP contribution in [0.25, 0.3) is 0 Å². The van der Waals surface area contributed by atoms with Crippen molar-refractivity contribution in [1.82, 2.24) is 19.9 Å². The maximum Gasteiger partial charge on any atom is 0.323 e. The molecule has 0 radical (unpaired) electrons. The number of imidazole rings is 2. The largest absolute Gasteiger partial charge is 0.480 e. The van der Waals surface area contributed by atoms with Crippen molar-refractivity contribution < 1.29 is 24.9 Å². The summed E-state index contributed by atoms with van der Waals surface area (Å²) in [6, 6.07) is -2.26. The minimum atomic E-state index is -1.34. The topological polar surface area (TPSA) is 230 Å². The van der Waals surface area contributed by atoms with Gasteiger partial charge >= 0.3 is 11.9 Å². The molecule has 132 valence electrons. The van der Waals surface area contributed by atoms with Gasteiger partial charge in [0.15, 0.2) is 5.95 Å². The van der Waals surface area contributed by atoms with E-state index in [2.05, 4.69) is 19.9 Å². The highest BCUT2D eigenvalue weighted by Gasteiger charge is 2.24. The van der Waals surface area contributed by atoms with Crippen LogP contribution in [0.5, 0.6) is 0 Å². The van der Waals surface area contributed by atoms with Gasteiger partial charge in [-0.25, -0.2) is 9.97 Å². The lowest BCUT2D eigenvalue weighted by Gasteiger charge is -2.11. The molecule has 12 nitrogen and oxygen atoms in total. The van der Waals surface area contributed by atoms with Crippen molar-refractivity contribution in [2.45, 2.75) is 24.6 Å². The third-order valence-electron chi connectivity index (χ3n) is 2.84. The van der Waals surface area contributed by atoms with E-state index >= 15 is 0 Å². The average Bonchev–Trinajstić information content (AvgIpc) is 3.18. The van der Waals surface area contributed by atoms with Gasteiger partial charge in [0.1, 0.15) is 18.2 Å². The molecule has 1 unspecified atom stereocenters. The Labute approximate surface area is 135 Å². The number of hydrogen-bond acceptors (Lipinski definition) is 8. The van der Waals surface area contributed by atoms with Crippen LogP contribution in [0.4, 0.5) is 5.95 Å². The summed E-state index contributed by atoms with van der Waals surface area (Å²) in [5, 5.41) is 26.1. The highest BCUT2D eigenvalue weighted by molar-refractivity contribution is 5.74. The summed E-state index contributed by atoms with van der Waals surface area (Å²) in [5.41, 5.74) is 16.5. The molecule has 0 aromatic carbocycles. The molecule has 2 rings (SSSR count). The van der Waals surface area contributed by atoms with Gasteiger partial charge in [0, 0.05) is 18.8 Å². The van der Waals surface area contributed by atoms with E-state index in [-0.39, 0.29) is 18.1 Å². The lowest BCUT2D eigenvalue weighted by Crippen LogP contribution is -2.36. The Morgan fingerprint density at radius 2 is 1.88 bits per heavy atom. The van der Waals surface area contributed by atoms with Crippen LogP contribution in [-0.4, -0.2) is 59.3 Å². The Bertz CT molecular complexity index is 657. The molecule has 2 aromatic heterocycles. The summed E-state index contributed by atoms with van der Waals surface area (Å²) in [6.07, 6.45) is 3.19. The monoisotopic (exact) mass is 341 g/mol. The number of aromatic nitrogens is 4. The van der Waals surface area contributed by atoms with Crippen LogP contribution in [0.15, 0.2) is 18.7 Å². The van der Waals surface area contributed by atoms with Crippen LogP contribution >= 0.6 is 0 Å². The summed E-state index contributed by atoms with van der Waals surface area (Å²) in [5.74, 6) is -2.04. The summed E-state index contributed by atoms with van der Waals surface area (Å²) >= 11 is 0. The Morgan fingerprint density at radius 1 is 1.21 bits per heavy atom. The number of carbonyl (C=O) groups is 2. The number of nitrogen functional groups attached to an aromatic ring is 1. The van der Waals surface area contributed by atoms with Gasteiger partial charge in [-0.2, -0.15) is 0 Å². The zero-order chi connectivity index (χ0) is 18.3. The number of H-pyrrole nitrogens is 2. The van der Waals surface area contributed by atoms with E-state index in [0.717, 1.165) is 0 Å². The summed E-state index contributed by atoms with van der Waals surface area (Å²) in [4.78, 5) is 33.3. The van der Waals surface area contributed by atoms with E-state index in [0.29, 0.717) is 5.69 Å². The summed E-state index contributed by atoms with van der Waals surface area (Å²) in [6.45, 7) is 0. The number of nitrogens with one attached hydrogen (secondary N) is 2. The number of anilines is 1. The SMILES string of the molecule is N[C@H](C(=O)O)C(O)c1c[nH]cn1.Nc1nc(C[C@H](N)C(=O)O)c[nH]1. The van der Waals surface area contributed by atoms with Gasteiger partial charge in [0.05, 0.1) is 17.7 Å². The van der Waals surface area contributed by atoms with Crippen molar-refractivity contribution in [3.05, 3.63) is 30.1 Å². The van der Waals surface area contributed by atoms with Crippen LogP contribution in [0.2, 0.25) is 0 Å². The second-order valence-electron chi connectivity index (χ2n) is 4.73. The van der Waals surface area contributed by atoms with Crippen molar-refractivity contribution in [2.24, 2.45) is 11.5 Å². The van der Waals surface area contributed by atoms with Crippen molar-refractivity contribution in [2.75, 3.05) is 5.73 Å². The minimum absolute atomic E-state index is 0.184. The number of carboxylic acid groups (broad SMARTS) is 2. The molecule has 0 bridgehead atoms. The molecule has 0 spiro atoms. The molecular formula is C12H19N7O5. The zero-order valence-electron chi connectivity index (χ0n) is 12.5. The third-order valence-corrected chi connectivity index (χ3v) is 2.84. The van der Waals surface area contributed by atoms with E-state index in [1.807, 2.05) is 0 Å². The lowest BCUT2D eigenvalue weighted by atomic mass is 10.1. The maximum atomic E-state index is 10.3. The molecule has 0 aliphatic rings. The lowest BCUT2D eigenvalue weighted by molar-refractivity contribution is -0.141. The normalized spacial score (nSPS) is 14.1. The second-order valence-corrected chi connectivity index (χ2v) is 4.73. The number of nitrogens with zero attached hydrogens (tertiary/aromatic N) is 2. The van der Waals surface area contributed by atoms with Crippen molar-refractivity contribution in [1.29, 1.82) is 0 Å². The fourth-order valence-corrected chi connectivity index (χ4v) is 1.55. The Kier molecular flexibility index (Phi) is 6.85. The first-order valence-electron chi connectivity index (χ1n) is 6.65. The van der Waals surface area contributed by atoms with E-state index in [1.165, 1.54) is 18.7 Å². The van der Waals surface area contributed by atoms with Gasteiger partial charge < -0.3 is 42.5 Å². The molecule has 0 aliphatic heterocycles. The van der Waals surface area contributed by atoms with Crippen molar-refractivity contribution in [3.63, 3.8) is 0 Å². The van der Waals surface area contributed by atoms with Gasteiger partial charge in [-0.3, -0.25) is 9.59 Å². The molecular weight excluding hydrogens is 322 g/mol. The van der Waals surface area contributed by atoms with Crippen molar-refractivity contribution in [3.8, 4) is 0 Å². The standard InChI is InChI=1S/C6H10N4O2.C6H9N3O3/c7-4(5(11)12)1-3-2-9-6(8)10-3;7-4(6(11)12)5(10)3-1-8-2-9-3/h2,4H,1,7H2,(H,11,12)(H3,8,9,10);1-2,4-5,10H,7H2,(H,8,9)(H,11,12)/t4-;4-,5?/m00/s1. The van der Waals surface area contributed by atoms with Crippen LogP contribution < -0.4 is 17.2 Å². The second kappa shape index (κ2) is 8.61. The molecule has 11 N–H and O–H groups in total. The predicted molar refractivity (Wildman–Crippen MR) is 81.5 cm³/mol. The van der Waals surface area contributed by atoms with Crippen LogP contribution in [0.1, 0.15) is 17.5 Å². The molecule has 2 aromatic rings. The molecule has 0 fully saturated rings. The van der Waals surface area contributed by atoms with Crippen molar-refractivity contribution >= 4 is 17.9 Å². The Morgan fingerprint density at radius 3 is 2.29 bits per heavy atom. The van der Waals surface area contributed by atoms with Crippen LogP contribution in [0, 0.1) is 0 Å². The number of aliphatic hydroxyl groups excluding tert-OH is 1. The highest BCUT2D eigenvalue weighted by Crippen LogP contribution is 2.11. The quantitative estimate of drug-likeness (QED) is 0.282. The van der Waals surface area contributed by atoms with E-state index in [9.17, 15) is 14.7 Å². The summed E-state index contributed by atoms with van der Waals surface area (Å²) < 4.78 is 0. The highest BCUT2D eigenvalue weighted by atomic mass is 16.4. The molecule has 24 heavy (non-hydrogen) atoms. The van der Waals surface area contributed by atoms with Gasteiger partial charge in [-0.05, 0) is 0 Å². The number of rotatable bonds is 6. The maximum absolute atomic E-state index is 10.3. The molecule has 2 heterocycles. The molecule has 12 heteroatoms. The minimum Gasteiger partial charge on any atom is -0.480 e.